The highest BCUT2D eigenvalue weighted by Crippen LogP contribution is 2.54. The summed E-state index contributed by atoms with van der Waals surface area (Å²) in [5.74, 6) is -3.25. The van der Waals surface area contributed by atoms with Gasteiger partial charge in [-0.15, -0.1) is 5.10 Å². The first kappa shape index (κ1) is 87.0. The Balaban J connectivity index is 0.000000326. The summed E-state index contributed by atoms with van der Waals surface area (Å²) >= 11 is 14.9. The molecule has 16 nitrogen and oxygen atoms in total. The number of benzene rings is 5. The number of aromatic amines is 3. The maximum absolute atomic E-state index is 13.4. The summed E-state index contributed by atoms with van der Waals surface area (Å²) in [5, 5.41) is 48.9. The van der Waals surface area contributed by atoms with E-state index in [0.29, 0.717) is 22.9 Å². The maximum Gasteiger partial charge on any atom is 0.416 e. The van der Waals surface area contributed by atoms with Gasteiger partial charge in [0.2, 0.25) is 11.8 Å². The van der Waals surface area contributed by atoms with Crippen LogP contribution in [0.15, 0.2) is 141 Å². The molecule has 1 atom stereocenters. The van der Waals surface area contributed by atoms with Gasteiger partial charge in [0.15, 0.2) is 5.78 Å². The number of nitrogens with two attached hydrogens (primary N) is 1. The molecule has 1 aliphatic heterocycles. The number of rotatable bonds is 9. The lowest BCUT2D eigenvalue weighted by molar-refractivity contribution is -0.138. The number of carboxylic acids is 1. The minimum absolute atomic E-state index is 0.0562. The molecule has 7 aromatic rings. The van der Waals surface area contributed by atoms with E-state index in [0.717, 1.165) is 71.4 Å². The molecule has 5 aromatic carbocycles. The van der Waals surface area contributed by atoms with Crippen LogP contribution in [0.3, 0.4) is 0 Å². The van der Waals surface area contributed by atoms with Crippen LogP contribution in [-0.2, 0) is 41.1 Å². The SMILES string of the molecule is CC(C)C(=C(C#N)C#N)c1cc(Br)cc(C(F)(F)F)c1.CC(C)C(=O)c1cc(Br)cc(C(F)(F)F)c1.CON(C)C(=O)c1cc(Br)cc(C(F)(F)F)c1.Cc1[nH]nc2c1C(c1cc(Br)cc(C(F)(F)F)c1)(C(C)C)C(C#N)=C(N)O2.Cc1cc(=O)[nH][nH]1.O=C(O)c1cc(Br)cc(C(F)(F)F)c1. The van der Waals surface area contributed by atoms with Crippen molar-refractivity contribution in [3.05, 3.63) is 219 Å². The molecule has 0 saturated carbocycles. The Bertz CT molecular complexity index is 4400. The molecule has 0 fully saturated rings. The summed E-state index contributed by atoms with van der Waals surface area (Å²) in [4.78, 5) is 48.5. The summed E-state index contributed by atoms with van der Waals surface area (Å²) in [5.41, 5.74) is 2.57. The van der Waals surface area contributed by atoms with Crippen molar-refractivity contribution in [1.29, 1.82) is 15.8 Å². The molecule has 6 N–H and O–H groups in total. The number of carbonyl (C=O) groups is 3. The van der Waals surface area contributed by atoms with Crippen LogP contribution in [0.5, 0.6) is 5.88 Å². The Kier molecular flexibility index (Phi) is 30.7. The third-order valence-corrected chi connectivity index (χ3v) is 16.0. The van der Waals surface area contributed by atoms with Gasteiger partial charge in [-0.05, 0) is 133 Å². The fraction of sp³-hybridized carbons (Fsp3) is 0.292. The van der Waals surface area contributed by atoms with E-state index in [-0.39, 0.29) is 96.6 Å². The quantitative estimate of drug-likeness (QED) is 0.0391. The van der Waals surface area contributed by atoms with E-state index in [1.807, 2.05) is 20.8 Å². The molecule has 3 heterocycles. The highest BCUT2D eigenvalue weighted by atomic mass is 79.9. The number of ether oxygens (including phenoxy) is 1. The largest absolute Gasteiger partial charge is 0.478 e. The number of H-pyrrole nitrogens is 3. The number of ketones is 1. The van der Waals surface area contributed by atoms with Crippen molar-refractivity contribution in [1.82, 2.24) is 25.5 Å². The number of hydrogen-bond acceptors (Lipinski definition) is 11. The van der Waals surface area contributed by atoms with Crippen LogP contribution in [0.2, 0.25) is 0 Å². The number of halogens is 20. The van der Waals surface area contributed by atoms with Crippen LogP contribution in [0.4, 0.5) is 65.9 Å². The van der Waals surface area contributed by atoms with Crippen molar-refractivity contribution >= 4 is 103 Å². The first-order chi connectivity index (χ1) is 46.3. The number of nitriles is 3. The Morgan fingerprint density at radius 2 is 0.970 bits per heavy atom. The number of amides is 1. The summed E-state index contributed by atoms with van der Waals surface area (Å²) in [6, 6.07) is 22.8. The molecule has 1 amide bonds. The van der Waals surface area contributed by atoms with Gasteiger partial charge < -0.3 is 20.7 Å². The molecule has 0 radical (unpaired) electrons. The summed E-state index contributed by atoms with van der Waals surface area (Å²) in [7, 11) is 2.57. The summed E-state index contributed by atoms with van der Waals surface area (Å²) in [6.45, 7) is 13.9. The molecule has 542 valence electrons. The predicted molar refractivity (Wildman–Crippen MR) is 356 cm³/mol. The molecule has 1 aliphatic rings. The van der Waals surface area contributed by atoms with Crippen molar-refractivity contribution in [2.24, 2.45) is 23.5 Å². The van der Waals surface area contributed by atoms with E-state index in [2.05, 4.69) is 111 Å². The first-order valence-corrected chi connectivity index (χ1v) is 32.2. The third-order valence-electron chi connectivity index (χ3n) is 13.7. The highest BCUT2D eigenvalue weighted by Gasteiger charge is 2.51. The fourth-order valence-corrected chi connectivity index (χ4v) is 11.7. The number of carbonyl (C=O) groups excluding carboxylic acids is 2. The van der Waals surface area contributed by atoms with Crippen molar-refractivity contribution in [3.8, 4) is 24.1 Å². The van der Waals surface area contributed by atoms with Crippen LogP contribution in [0, 0.1) is 65.6 Å². The number of hydroxylamine groups is 2. The van der Waals surface area contributed by atoms with Gasteiger partial charge in [0, 0.05) is 63.9 Å². The topological polar surface area (TPSA) is 268 Å². The number of aromatic carboxylic acids is 1. The Morgan fingerprint density at radius 3 is 1.32 bits per heavy atom. The van der Waals surface area contributed by atoms with Crippen molar-refractivity contribution in [2.75, 3.05) is 14.2 Å². The zero-order valence-electron chi connectivity index (χ0n) is 53.7. The molecule has 2 aromatic heterocycles. The van der Waals surface area contributed by atoms with Crippen LogP contribution in [-0.4, -0.2) is 62.4 Å². The van der Waals surface area contributed by atoms with Crippen LogP contribution in [0.1, 0.15) is 129 Å². The first-order valence-electron chi connectivity index (χ1n) is 28.2. The van der Waals surface area contributed by atoms with E-state index in [1.165, 1.54) is 38.4 Å². The van der Waals surface area contributed by atoms with E-state index >= 15 is 0 Å². The average Bonchev–Trinajstić information content (AvgIpc) is 1.70. The van der Waals surface area contributed by atoms with E-state index < -0.39 is 81.6 Å². The minimum Gasteiger partial charge on any atom is -0.478 e. The third kappa shape index (κ3) is 23.9. The Hall–Kier alpha value is -8.21. The molecule has 0 bridgehead atoms. The lowest BCUT2D eigenvalue weighted by Crippen LogP contribution is -2.41. The molecule has 101 heavy (non-hydrogen) atoms. The molecule has 0 aliphatic carbocycles. The van der Waals surface area contributed by atoms with Gasteiger partial charge in [-0.1, -0.05) is 121 Å². The molecule has 0 saturated heterocycles. The lowest BCUT2D eigenvalue weighted by atomic mass is 9.61. The number of allylic oxidation sites excluding steroid dienone is 3. The maximum atomic E-state index is 13.4. The van der Waals surface area contributed by atoms with Gasteiger partial charge in [0.1, 0.15) is 29.4 Å². The molecule has 8 rings (SSSR count). The summed E-state index contributed by atoms with van der Waals surface area (Å²) < 4.78 is 197. The number of hydrogen-bond donors (Lipinski definition) is 5. The zero-order valence-corrected chi connectivity index (χ0v) is 61.7. The lowest BCUT2D eigenvalue weighted by Gasteiger charge is -2.41. The molecule has 0 spiro atoms. The number of alkyl halides is 15. The monoisotopic (exact) mass is 1750 g/mol. The second kappa shape index (κ2) is 35.6. The smallest absolute Gasteiger partial charge is 0.416 e. The minimum atomic E-state index is -4.54. The number of Topliss-reactive ketones (excluding diaryl/α,β-unsaturated/α-hetero) is 1. The van der Waals surface area contributed by atoms with Gasteiger partial charge in [-0.25, -0.2) is 9.86 Å². The number of fused-ring (bicyclic) bond motifs is 1. The molecular weight excluding hydrogens is 1700 g/mol. The normalized spacial score (nSPS) is 13.4. The van der Waals surface area contributed by atoms with E-state index in [1.54, 1.807) is 52.8 Å². The predicted octanol–water partition coefficient (Wildman–Crippen LogP) is 20.0. The molecule has 1 unspecified atom stereocenters. The van der Waals surface area contributed by atoms with Crippen LogP contribution < -0.4 is 16.0 Å². The number of aryl methyl sites for hydroxylation is 2. The van der Waals surface area contributed by atoms with Gasteiger partial charge in [-0.3, -0.25) is 29.4 Å². The summed E-state index contributed by atoms with van der Waals surface area (Å²) in [6.07, 6.45) is -22.5. The number of nitrogens with one attached hydrogen (secondary N) is 3. The Morgan fingerprint density at radius 1 is 0.584 bits per heavy atom. The average molecular weight is 1760 g/mol. The van der Waals surface area contributed by atoms with E-state index in [9.17, 15) is 90.3 Å². The van der Waals surface area contributed by atoms with Crippen LogP contribution >= 0.6 is 79.6 Å². The fourth-order valence-electron chi connectivity index (χ4n) is 9.24. The van der Waals surface area contributed by atoms with E-state index in [4.69, 9.17) is 26.1 Å². The number of nitrogens with zero attached hydrogens (tertiary/aromatic N) is 5. The second-order valence-corrected chi connectivity index (χ2v) is 26.6. The van der Waals surface area contributed by atoms with Crippen molar-refractivity contribution in [2.45, 2.75) is 91.7 Å². The number of aromatic nitrogens is 4. The van der Waals surface area contributed by atoms with Gasteiger partial charge in [0.25, 0.3) is 11.5 Å². The van der Waals surface area contributed by atoms with Gasteiger partial charge in [0.05, 0.1) is 51.5 Å². The van der Waals surface area contributed by atoms with Crippen LogP contribution in [0.25, 0.3) is 5.57 Å². The molecule has 36 heteroatoms. The zero-order chi connectivity index (χ0) is 77.6. The van der Waals surface area contributed by atoms with Gasteiger partial charge >= 0.3 is 36.9 Å². The highest BCUT2D eigenvalue weighted by molar-refractivity contribution is 9.11. The van der Waals surface area contributed by atoms with Crippen molar-refractivity contribution in [3.63, 3.8) is 0 Å². The van der Waals surface area contributed by atoms with Crippen molar-refractivity contribution < 1.29 is 94.9 Å². The molecular formula is C65H55Br5F15N9O7. The Labute approximate surface area is 608 Å². The second-order valence-electron chi connectivity index (χ2n) is 22.0. The standard InChI is InChI=1S/C18H16BrF3N4O.C14H10BrF3N2.C11H10BrF3O.C10H9BrF3NO2.C8H4BrF3O2.C4H6N2O/c1-8(2)17(10-4-11(18(20,21)22)6-12(19)5-10)13(7-23)15(24)27-16-14(17)9(3)25-26-16;1-8(2)13(10(6-19)7-20)9-3-11(14(16,17)18)5-12(15)4-9;1-6(2)10(16)7-3-8(11(13,14)15)5-9(12)4-7;1-15(17-2)9(16)6-3-7(10(12,13)14)5-8(11)4-6;9-6-2-4(7(13)14)1-5(3-6)8(10,11)12;1-3-2-4(7)6-5-3/h4-6,8H,24H2,1-3H3,(H,25,26);3-5,8H,1-2H3;3-6H,1-2H3;3-5H,1-2H3;1-3H,(H,13,14);2H,1H3,(H2,5,6,7). The number of carboxylic acid groups (broad SMARTS) is 1. The van der Waals surface area contributed by atoms with Gasteiger partial charge in [-0.2, -0.15) is 81.6 Å².